The van der Waals surface area contributed by atoms with Gasteiger partial charge in [-0.2, -0.15) is 0 Å². The monoisotopic (exact) mass is 159 g/mol. The van der Waals surface area contributed by atoms with E-state index in [4.69, 9.17) is 9.84 Å². The Morgan fingerprint density at radius 3 is 3.09 bits per heavy atom. The number of hydrogen-bond acceptors (Lipinski definition) is 3. The quantitative estimate of drug-likeness (QED) is 0.633. The van der Waals surface area contributed by atoms with Gasteiger partial charge in [0.05, 0.1) is 12.7 Å². The van der Waals surface area contributed by atoms with Gasteiger partial charge in [0.1, 0.15) is 0 Å². The zero-order valence-electron chi connectivity index (χ0n) is 7.12. The first-order chi connectivity index (χ1) is 5.36. The smallest absolute Gasteiger partial charge is 0.0698 e. The third-order valence-electron chi connectivity index (χ3n) is 2.21. The summed E-state index contributed by atoms with van der Waals surface area (Å²) in [5, 5.41) is 8.69. The topological polar surface area (TPSA) is 32.7 Å². The van der Waals surface area contributed by atoms with Crippen LogP contribution in [0.3, 0.4) is 0 Å². The molecule has 1 rings (SSSR count). The average molecular weight is 159 g/mol. The highest BCUT2D eigenvalue weighted by Gasteiger charge is 2.18. The molecule has 0 spiro atoms. The van der Waals surface area contributed by atoms with E-state index < -0.39 is 0 Å². The summed E-state index contributed by atoms with van der Waals surface area (Å²) in [7, 11) is 1.76. The minimum absolute atomic E-state index is 0.260. The van der Waals surface area contributed by atoms with Crippen molar-refractivity contribution in [2.24, 2.45) is 0 Å². The molecule has 0 radical (unpaired) electrons. The van der Waals surface area contributed by atoms with Gasteiger partial charge in [-0.25, -0.2) is 0 Å². The highest BCUT2D eigenvalue weighted by atomic mass is 16.5. The summed E-state index contributed by atoms with van der Waals surface area (Å²) >= 11 is 0. The predicted molar refractivity (Wildman–Crippen MR) is 43.6 cm³/mol. The highest BCUT2D eigenvalue weighted by Crippen LogP contribution is 2.11. The fraction of sp³-hybridized carbons (Fsp3) is 1.00. The van der Waals surface area contributed by atoms with E-state index >= 15 is 0 Å². The van der Waals surface area contributed by atoms with Crippen LogP contribution in [0.25, 0.3) is 0 Å². The number of ether oxygens (including phenoxy) is 1. The largest absolute Gasteiger partial charge is 0.395 e. The van der Waals surface area contributed by atoms with Crippen molar-refractivity contribution in [3.05, 3.63) is 0 Å². The number of methoxy groups -OCH3 is 1. The molecule has 1 aliphatic rings. The molecule has 1 fully saturated rings. The molecule has 0 amide bonds. The lowest BCUT2D eigenvalue weighted by Gasteiger charge is -2.31. The molecule has 0 aliphatic carbocycles. The van der Waals surface area contributed by atoms with Crippen LogP contribution < -0.4 is 0 Å². The molecule has 0 saturated carbocycles. The summed E-state index contributed by atoms with van der Waals surface area (Å²) in [6.07, 6.45) is 2.74. The Hall–Kier alpha value is -0.120. The zero-order valence-corrected chi connectivity index (χ0v) is 7.12. The fourth-order valence-electron chi connectivity index (χ4n) is 1.55. The Labute approximate surface area is 68.0 Å². The van der Waals surface area contributed by atoms with Crippen LogP contribution in [0.1, 0.15) is 12.8 Å². The van der Waals surface area contributed by atoms with Crippen LogP contribution >= 0.6 is 0 Å². The van der Waals surface area contributed by atoms with Crippen molar-refractivity contribution in [3.8, 4) is 0 Å². The van der Waals surface area contributed by atoms with Crippen LogP contribution in [0.5, 0.6) is 0 Å². The maximum Gasteiger partial charge on any atom is 0.0698 e. The van der Waals surface area contributed by atoms with Crippen molar-refractivity contribution in [1.29, 1.82) is 0 Å². The fourth-order valence-corrected chi connectivity index (χ4v) is 1.55. The average Bonchev–Trinajstić information content (AvgIpc) is 2.06. The minimum atomic E-state index is 0.260. The Morgan fingerprint density at radius 1 is 1.64 bits per heavy atom. The van der Waals surface area contributed by atoms with E-state index in [1.807, 2.05) is 0 Å². The second-order valence-corrected chi connectivity index (χ2v) is 3.02. The molecule has 1 saturated heterocycles. The molecule has 0 aromatic rings. The van der Waals surface area contributed by atoms with Crippen LogP contribution in [0.2, 0.25) is 0 Å². The molecular formula is C8H17NO2. The van der Waals surface area contributed by atoms with Crippen molar-refractivity contribution < 1.29 is 9.84 Å². The molecule has 0 bridgehead atoms. The molecule has 66 valence electrons. The molecule has 11 heavy (non-hydrogen) atoms. The van der Waals surface area contributed by atoms with Gasteiger partial charge in [-0.3, -0.25) is 4.90 Å². The maximum absolute atomic E-state index is 8.69. The van der Waals surface area contributed by atoms with Crippen LogP contribution in [0.15, 0.2) is 0 Å². The number of rotatable bonds is 3. The minimum Gasteiger partial charge on any atom is -0.395 e. The SMILES string of the molecule is COC1CCCN(CCO)C1. The Morgan fingerprint density at radius 2 is 2.45 bits per heavy atom. The summed E-state index contributed by atoms with van der Waals surface area (Å²) in [5.74, 6) is 0. The van der Waals surface area contributed by atoms with Crippen molar-refractivity contribution in [3.63, 3.8) is 0 Å². The lowest BCUT2D eigenvalue weighted by Crippen LogP contribution is -2.40. The number of aliphatic hydroxyl groups excluding tert-OH is 1. The first-order valence-electron chi connectivity index (χ1n) is 4.23. The molecule has 3 nitrogen and oxygen atoms in total. The number of likely N-dealkylation sites (tertiary alicyclic amines) is 1. The van der Waals surface area contributed by atoms with Crippen LogP contribution in [-0.4, -0.2) is 49.5 Å². The highest BCUT2D eigenvalue weighted by molar-refractivity contribution is 4.72. The molecular weight excluding hydrogens is 142 g/mol. The predicted octanol–water partition coefficient (Wildman–Crippen LogP) is 0.0895. The van der Waals surface area contributed by atoms with Crippen LogP contribution in [0.4, 0.5) is 0 Å². The summed E-state index contributed by atoms with van der Waals surface area (Å²) in [6.45, 7) is 3.15. The Bertz CT molecular complexity index is 106. The zero-order chi connectivity index (χ0) is 8.10. The first-order valence-corrected chi connectivity index (χ1v) is 4.23. The van der Waals surface area contributed by atoms with Gasteiger partial charge < -0.3 is 9.84 Å². The number of aliphatic hydroxyl groups is 1. The molecule has 3 heteroatoms. The van der Waals surface area contributed by atoms with Gasteiger partial charge in [0.25, 0.3) is 0 Å². The summed E-state index contributed by atoms with van der Waals surface area (Å²) in [6, 6.07) is 0. The normalized spacial score (nSPS) is 27.3. The van der Waals surface area contributed by atoms with E-state index in [0.29, 0.717) is 6.10 Å². The molecule has 1 unspecified atom stereocenters. The Balaban J connectivity index is 2.21. The van der Waals surface area contributed by atoms with Gasteiger partial charge in [0.15, 0.2) is 0 Å². The summed E-state index contributed by atoms with van der Waals surface area (Å²) in [4.78, 5) is 2.25. The number of β-amino-alcohol motifs (C(OH)–C–C–N with tert-alkyl or cyclic N) is 1. The maximum atomic E-state index is 8.69. The molecule has 1 heterocycles. The van der Waals surface area contributed by atoms with Crippen LogP contribution in [-0.2, 0) is 4.74 Å². The Kier molecular flexibility index (Phi) is 3.83. The van der Waals surface area contributed by atoms with E-state index in [9.17, 15) is 0 Å². The molecule has 0 aromatic heterocycles. The van der Waals surface area contributed by atoms with E-state index in [2.05, 4.69) is 4.90 Å². The van der Waals surface area contributed by atoms with Gasteiger partial charge in [-0.1, -0.05) is 0 Å². The lowest BCUT2D eigenvalue weighted by atomic mass is 10.1. The van der Waals surface area contributed by atoms with E-state index in [1.54, 1.807) is 7.11 Å². The van der Waals surface area contributed by atoms with Gasteiger partial charge in [-0.05, 0) is 19.4 Å². The van der Waals surface area contributed by atoms with Crippen molar-refractivity contribution in [2.75, 3.05) is 33.4 Å². The van der Waals surface area contributed by atoms with Gasteiger partial charge >= 0.3 is 0 Å². The van der Waals surface area contributed by atoms with Crippen LogP contribution in [0, 0.1) is 0 Å². The summed E-state index contributed by atoms with van der Waals surface area (Å²) < 4.78 is 5.24. The molecule has 0 aromatic carbocycles. The van der Waals surface area contributed by atoms with Gasteiger partial charge in [0.2, 0.25) is 0 Å². The standard InChI is InChI=1S/C8H17NO2/c1-11-8-3-2-4-9(7-8)5-6-10/h8,10H,2-7H2,1H3. The second-order valence-electron chi connectivity index (χ2n) is 3.02. The van der Waals surface area contributed by atoms with E-state index in [-0.39, 0.29) is 6.61 Å². The van der Waals surface area contributed by atoms with Crippen molar-refractivity contribution in [1.82, 2.24) is 4.90 Å². The molecule has 1 atom stereocenters. The van der Waals surface area contributed by atoms with E-state index in [1.165, 1.54) is 12.8 Å². The third-order valence-corrected chi connectivity index (χ3v) is 2.21. The lowest BCUT2D eigenvalue weighted by molar-refractivity contribution is 0.0259. The molecule has 1 N–H and O–H groups in total. The van der Waals surface area contributed by atoms with Gasteiger partial charge in [-0.15, -0.1) is 0 Å². The second kappa shape index (κ2) is 4.70. The molecule has 1 aliphatic heterocycles. The van der Waals surface area contributed by atoms with E-state index in [0.717, 1.165) is 19.6 Å². The number of nitrogens with zero attached hydrogens (tertiary/aromatic N) is 1. The summed E-state index contributed by atoms with van der Waals surface area (Å²) in [5.41, 5.74) is 0. The number of hydrogen-bond donors (Lipinski definition) is 1. The van der Waals surface area contributed by atoms with Crippen molar-refractivity contribution in [2.45, 2.75) is 18.9 Å². The third kappa shape index (κ3) is 2.77. The number of piperidine rings is 1. The van der Waals surface area contributed by atoms with Crippen molar-refractivity contribution >= 4 is 0 Å². The van der Waals surface area contributed by atoms with Gasteiger partial charge in [0, 0.05) is 20.2 Å². The first kappa shape index (κ1) is 8.97.